The molecule has 1 N–H and O–H groups in total. The Morgan fingerprint density at radius 2 is 1.82 bits per heavy atom. The smallest absolute Gasteiger partial charge is 0.253 e. The van der Waals surface area contributed by atoms with Gasteiger partial charge in [-0.3, -0.25) is 9.59 Å². The molecule has 2 aromatic carbocycles. The topological polar surface area (TPSA) is 70.8 Å². The van der Waals surface area contributed by atoms with Gasteiger partial charge in [0.2, 0.25) is 5.43 Å². The number of hydrogen-bond acceptors (Lipinski definition) is 4. The van der Waals surface area contributed by atoms with E-state index in [1.54, 1.807) is 12.1 Å². The molecule has 0 spiro atoms. The first-order valence-corrected chi connectivity index (χ1v) is 12.1. The van der Waals surface area contributed by atoms with Crippen molar-refractivity contribution in [2.75, 3.05) is 13.1 Å². The highest BCUT2D eigenvalue weighted by molar-refractivity contribution is 6.33. The molecule has 0 aromatic heterocycles. The molecule has 34 heavy (non-hydrogen) atoms. The standard InChI is InChI=1S/C27H23Cl2NO4/c1-2-9-30(14-15-3-4-15)27(33)17-7-5-16(6-8-17)26-18-10-20(28)22(31)12-24(18)34-25-13-23(32)21(29)11-19(25)26/h5-8,10-13,15,31H,2-4,9,14H2,1H3. The molecule has 1 heterocycles. The molecule has 7 heteroatoms. The van der Waals surface area contributed by atoms with Crippen LogP contribution in [-0.4, -0.2) is 29.0 Å². The maximum Gasteiger partial charge on any atom is 0.253 e. The minimum atomic E-state index is -0.353. The summed E-state index contributed by atoms with van der Waals surface area (Å²) < 4.78 is 5.91. The summed E-state index contributed by atoms with van der Waals surface area (Å²) in [5.41, 5.74) is 2.85. The molecule has 174 valence electrons. The fraction of sp³-hybridized carbons (Fsp3) is 0.259. The minimum absolute atomic E-state index is 0.0325. The summed E-state index contributed by atoms with van der Waals surface area (Å²) in [7, 11) is 0. The van der Waals surface area contributed by atoms with E-state index in [1.807, 2.05) is 29.2 Å². The summed E-state index contributed by atoms with van der Waals surface area (Å²) >= 11 is 12.4. The quantitative estimate of drug-likeness (QED) is 0.297. The predicted molar refractivity (Wildman–Crippen MR) is 135 cm³/mol. The van der Waals surface area contributed by atoms with Gasteiger partial charge in [0.25, 0.3) is 5.91 Å². The fourth-order valence-electron chi connectivity index (χ4n) is 4.33. The van der Waals surface area contributed by atoms with Gasteiger partial charge >= 0.3 is 0 Å². The van der Waals surface area contributed by atoms with Gasteiger partial charge in [-0.15, -0.1) is 0 Å². The van der Waals surface area contributed by atoms with Gasteiger partial charge < -0.3 is 14.4 Å². The Morgan fingerprint density at radius 3 is 2.50 bits per heavy atom. The van der Waals surface area contributed by atoms with Crippen LogP contribution >= 0.6 is 23.2 Å². The van der Waals surface area contributed by atoms with Crippen molar-refractivity contribution in [3.63, 3.8) is 0 Å². The lowest BCUT2D eigenvalue weighted by atomic mass is 9.93. The molecule has 2 aromatic rings. The van der Waals surface area contributed by atoms with Crippen LogP contribution in [0.3, 0.4) is 0 Å². The lowest BCUT2D eigenvalue weighted by molar-refractivity contribution is 0.0747. The predicted octanol–water partition coefficient (Wildman–Crippen LogP) is 6.84. The third-order valence-electron chi connectivity index (χ3n) is 6.22. The van der Waals surface area contributed by atoms with Gasteiger partial charge in [-0.2, -0.15) is 0 Å². The van der Waals surface area contributed by atoms with Crippen molar-refractivity contribution < 1.29 is 14.3 Å². The van der Waals surface area contributed by atoms with Crippen LogP contribution in [0.5, 0.6) is 5.75 Å². The van der Waals surface area contributed by atoms with E-state index < -0.39 is 0 Å². The molecule has 1 fully saturated rings. The summed E-state index contributed by atoms with van der Waals surface area (Å²) in [4.78, 5) is 27.2. The minimum Gasteiger partial charge on any atom is -0.506 e. The molecule has 1 saturated carbocycles. The summed E-state index contributed by atoms with van der Waals surface area (Å²) in [5, 5.41) is 11.0. The average molecular weight is 496 g/mol. The van der Waals surface area contributed by atoms with Crippen LogP contribution in [0.15, 0.2) is 57.7 Å². The number of aromatic hydroxyl groups is 1. The van der Waals surface area contributed by atoms with E-state index in [1.165, 1.54) is 25.0 Å². The highest BCUT2D eigenvalue weighted by Crippen LogP contribution is 2.43. The van der Waals surface area contributed by atoms with Crippen molar-refractivity contribution in [1.82, 2.24) is 4.90 Å². The number of rotatable bonds is 6. The van der Waals surface area contributed by atoms with Crippen LogP contribution in [0.4, 0.5) is 0 Å². The highest BCUT2D eigenvalue weighted by Gasteiger charge is 2.27. The van der Waals surface area contributed by atoms with Crippen molar-refractivity contribution in [3.05, 3.63) is 74.4 Å². The molecule has 3 aliphatic rings. The zero-order chi connectivity index (χ0) is 24.0. The highest BCUT2D eigenvalue weighted by atomic mass is 35.5. The second-order valence-electron chi connectivity index (χ2n) is 8.83. The average Bonchev–Trinajstić information content (AvgIpc) is 3.63. The summed E-state index contributed by atoms with van der Waals surface area (Å²) in [6, 6.07) is 13.4. The molecular weight excluding hydrogens is 473 g/mol. The number of fused-ring (bicyclic) bond motifs is 2. The van der Waals surface area contributed by atoms with E-state index >= 15 is 0 Å². The van der Waals surface area contributed by atoms with E-state index in [-0.39, 0.29) is 27.1 Å². The molecule has 2 aliphatic carbocycles. The first kappa shape index (κ1) is 22.8. The van der Waals surface area contributed by atoms with Crippen LogP contribution < -0.4 is 5.43 Å². The van der Waals surface area contributed by atoms with E-state index in [4.69, 9.17) is 27.6 Å². The lowest BCUT2D eigenvalue weighted by Crippen LogP contribution is -2.33. The molecule has 5 nitrogen and oxygen atoms in total. The first-order valence-electron chi connectivity index (χ1n) is 11.3. The Morgan fingerprint density at radius 1 is 1.09 bits per heavy atom. The number of nitrogens with zero attached hydrogens (tertiary/aromatic N) is 1. The van der Waals surface area contributed by atoms with Crippen LogP contribution in [0.25, 0.3) is 33.4 Å². The van der Waals surface area contributed by atoms with Crippen LogP contribution in [0, 0.1) is 5.92 Å². The van der Waals surface area contributed by atoms with E-state index in [2.05, 4.69) is 6.92 Å². The van der Waals surface area contributed by atoms with Gasteiger partial charge in [-0.05, 0) is 55.0 Å². The Labute approximate surface area is 206 Å². The molecule has 1 amide bonds. The van der Waals surface area contributed by atoms with Gasteiger partial charge in [0.15, 0.2) is 0 Å². The van der Waals surface area contributed by atoms with Gasteiger partial charge in [0.1, 0.15) is 17.1 Å². The van der Waals surface area contributed by atoms with Crippen molar-refractivity contribution in [1.29, 1.82) is 0 Å². The van der Waals surface area contributed by atoms with Crippen molar-refractivity contribution in [2.24, 2.45) is 5.92 Å². The Kier molecular flexibility index (Phi) is 6.00. The number of halogens is 2. The second kappa shape index (κ2) is 8.97. The zero-order valence-corrected chi connectivity index (χ0v) is 20.1. The largest absolute Gasteiger partial charge is 0.506 e. The number of phenolic OH excluding ortho intramolecular Hbond substituents is 1. The maximum absolute atomic E-state index is 13.1. The number of phenols is 1. The lowest BCUT2D eigenvalue weighted by Gasteiger charge is -2.22. The molecule has 0 radical (unpaired) electrons. The SMILES string of the molecule is CCCN(CC1CC1)C(=O)c1ccc(-c2c3cc(Cl)c(=O)cc-3oc3cc(O)c(Cl)cc23)cc1. The number of hydrogen-bond donors (Lipinski definition) is 1. The molecular formula is C27H23Cl2NO4. The van der Waals surface area contributed by atoms with Crippen molar-refractivity contribution in [3.8, 4) is 28.2 Å². The van der Waals surface area contributed by atoms with E-state index in [9.17, 15) is 14.7 Å². The third kappa shape index (κ3) is 4.26. The number of benzene rings is 3. The number of amides is 1. The van der Waals surface area contributed by atoms with Crippen LogP contribution in [-0.2, 0) is 0 Å². The van der Waals surface area contributed by atoms with E-state index in [0.29, 0.717) is 33.8 Å². The molecule has 0 atom stereocenters. The number of carbonyl (C=O) groups excluding carboxylic acids is 1. The monoisotopic (exact) mass is 495 g/mol. The van der Waals surface area contributed by atoms with Crippen molar-refractivity contribution in [2.45, 2.75) is 26.2 Å². The van der Waals surface area contributed by atoms with Crippen molar-refractivity contribution >= 4 is 40.1 Å². The Hall–Kier alpha value is -3.02. The molecule has 0 bridgehead atoms. The molecule has 0 saturated heterocycles. The Bertz CT molecular complexity index is 1420. The van der Waals surface area contributed by atoms with Crippen LogP contribution in [0.1, 0.15) is 36.5 Å². The number of carbonyl (C=O) groups is 1. The van der Waals surface area contributed by atoms with Crippen LogP contribution in [0.2, 0.25) is 10.0 Å². The maximum atomic E-state index is 13.1. The molecule has 1 aliphatic heterocycles. The normalized spacial score (nSPS) is 13.5. The molecule has 5 rings (SSSR count). The van der Waals surface area contributed by atoms with Gasteiger partial charge in [0, 0.05) is 47.3 Å². The fourth-order valence-corrected chi connectivity index (χ4v) is 4.66. The Balaban J connectivity index is 1.63. The summed E-state index contributed by atoms with van der Waals surface area (Å²) in [5.74, 6) is 0.881. The zero-order valence-electron chi connectivity index (χ0n) is 18.6. The summed E-state index contributed by atoms with van der Waals surface area (Å²) in [6.07, 6.45) is 3.30. The first-order chi connectivity index (χ1) is 16.4. The second-order valence-corrected chi connectivity index (χ2v) is 9.64. The molecule has 0 unspecified atom stereocenters. The van der Waals surface area contributed by atoms with E-state index in [0.717, 1.165) is 30.6 Å². The summed E-state index contributed by atoms with van der Waals surface area (Å²) in [6.45, 7) is 3.63. The third-order valence-corrected chi connectivity index (χ3v) is 6.82. The van der Waals surface area contributed by atoms with Gasteiger partial charge in [0.05, 0.1) is 10.0 Å². The van der Waals surface area contributed by atoms with Gasteiger partial charge in [-0.25, -0.2) is 0 Å². The van der Waals surface area contributed by atoms with Gasteiger partial charge in [-0.1, -0.05) is 42.3 Å².